The Morgan fingerprint density at radius 3 is 1.95 bits per heavy atom. The SMILES string of the molecule is CCc1ccc(Cc2sccc2[C@@H]2O[C@@H]3CO[Si](C(C)(C)C)(C(C)(C)C)O[C@H]3[C@H](O[Si](C(C)C)(C(C)C)C(C)C)[C@H]2O)cc1. The molecule has 2 fully saturated rings. The fourth-order valence-electron chi connectivity index (χ4n) is 8.40. The maximum absolute atomic E-state index is 12.5. The molecule has 5 nitrogen and oxygen atoms in total. The van der Waals surface area contributed by atoms with Crippen LogP contribution in [0.3, 0.4) is 0 Å². The molecule has 0 unspecified atom stereocenters. The summed E-state index contributed by atoms with van der Waals surface area (Å²) in [5.41, 5.74) is 4.80. The zero-order chi connectivity index (χ0) is 32.8. The van der Waals surface area contributed by atoms with Gasteiger partial charge in [-0.3, -0.25) is 0 Å². The summed E-state index contributed by atoms with van der Waals surface area (Å²) in [5.74, 6) is 0. The van der Waals surface area contributed by atoms with E-state index in [1.807, 2.05) is 0 Å². The zero-order valence-corrected chi connectivity index (χ0v) is 32.5. The first kappa shape index (κ1) is 36.0. The highest BCUT2D eigenvalue weighted by molar-refractivity contribution is 7.10. The van der Waals surface area contributed by atoms with Gasteiger partial charge in [0, 0.05) is 21.4 Å². The van der Waals surface area contributed by atoms with Gasteiger partial charge in [-0.05, 0) is 51.2 Å². The Kier molecular flexibility index (Phi) is 10.9. The number of aryl methyl sites for hydroxylation is 1. The summed E-state index contributed by atoms with van der Waals surface area (Å²) in [5, 5.41) is 14.2. The lowest BCUT2D eigenvalue weighted by Gasteiger charge is -2.59. The quantitative estimate of drug-likeness (QED) is 0.272. The Bertz CT molecular complexity index is 1190. The first-order chi connectivity index (χ1) is 20.4. The molecule has 0 spiro atoms. The molecule has 248 valence electrons. The van der Waals surface area contributed by atoms with Gasteiger partial charge in [-0.15, -0.1) is 11.3 Å². The van der Waals surface area contributed by atoms with Gasteiger partial charge in [-0.25, -0.2) is 0 Å². The van der Waals surface area contributed by atoms with Crippen LogP contribution in [0.4, 0.5) is 0 Å². The largest absolute Gasteiger partial charge is 0.408 e. The molecule has 0 aliphatic carbocycles. The smallest absolute Gasteiger partial charge is 0.349 e. The fraction of sp³-hybridized carbons (Fsp3) is 0.722. The van der Waals surface area contributed by atoms with Crippen molar-refractivity contribution < 1.29 is 23.1 Å². The summed E-state index contributed by atoms with van der Waals surface area (Å²) in [7, 11) is -5.22. The second-order valence-corrected chi connectivity index (χ2v) is 27.3. The molecular formula is C36H60O5SSi2. The molecule has 4 rings (SSSR count). The molecule has 5 atom stereocenters. The van der Waals surface area contributed by atoms with Crippen molar-refractivity contribution >= 4 is 28.2 Å². The molecule has 0 bridgehead atoms. The molecule has 0 saturated carbocycles. The predicted molar refractivity (Wildman–Crippen MR) is 188 cm³/mol. The van der Waals surface area contributed by atoms with E-state index in [1.54, 1.807) is 11.3 Å². The average molecular weight is 661 g/mol. The second kappa shape index (κ2) is 13.3. The molecular weight excluding hydrogens is 601 g/mol. The molecule has 8 heteroatoms. The summed E-state index contributed by atoms with van der Waals surface area (Å²) in [6.45, 7) is 29.9. The van der Waals surface area contributed by atoms with E-state index in [1.165, 1.54) is 16.0 Å². The molecule has 0 radical (unpaired) electrons. The van der Waals surface area contributed by atoms with Gasteiger partial charge >= 0.3 is 8.56 Å². The highest BCUT2D eigenvalue weighted by Crippen LogP contribution is 2.56. The average Bonchev–Trinajstić information content (AvgIpc) is 3.38. The van der Waals surface area contributed by atoms with E-state index in [4.69, 9.17) is 18.0 Å². The number of ether oxygens (including phenoxy) is 1. The lowest BCUT2D eigenvalue weighted by Crippen LogP contribution is -2.71. The van der Waals surface area contributed by atoms with Gasteiger partial charge in [0.2, 0.25) is 8.32 Å². The number of thiophene rings is 1. The van der Waals surface area contributed by atoms with Gasteiger partial charge in [-0.2, -0.15) is 0 Å². The van der Waals surface area contributed by atoms with E-state index in [2.05, 4.69) is 126 Å². The van der Waals surface area contributed by atoms with Gasteiger partial charge in [0.25, 0.3) is 0 Å². The Morgan fingerprint density at radius 1 is 0.909 bits per heavy atom. The Labute approximate surface area is 274 Å². The van der Waals surface area contributed by atoms with Crippen LogP contribution in [0, 0.1) is 0 Å². The minimum Gasteiger partial charge on any atom is -0.408 e. The van der Waals surface area contributed by atoms with Gasteiger partial charge in [0.05, 0.1) is 6.61 Å². The van der Waals surface area contributed by atoms with Crippen molar-refractivity contribution in [2.45, 2.75) is 160 Å². The molecule has 2 aliphatic heterocycles. The highest BCUT2D eigenvalue weighted by atomic mass is 32.1. The van der Waals surface area contributed by atoms with E-state index in [0.29, 0.717) is 23.2 Å². The molecule has 1 aromatic heterocycles. The minimum absolute atomic E-state index is 0.181. The van der Waals surface area contributed by atoms with E-state index < -0.39 is 41.3 Å². The van der Waals surface area contributed by atoms with Crippen LogP contribution in [0.1, 0.15) is 118 Å². The number of hydrogen-bond acceptors (Lipinski definition) is 6. The Morgan fingerprint density at radius 2 is 1.45 bits per heavy atom. The summed E-state index contributed by atoms with van der Waals surface area (Å²) in [6, 6.07) is 11.0. The second-order valence-electron chi connectivity index (χ2n) is 16.1. The van der Waals surface area contributed by atoms with E-state index in [0.717, 1.165) is 18.4 Å². The summed E-state index contributed by atoms with van der Waals surface area (Å²) >= 11 is 1.74. The van der Waals surface area contributed by atoms with Crippen molar-refractivity contribution in [2.24, 2.45) is 0 Å². The van der Waals surface area contributed by atoms with E-state index in [-0.39, 0.29) is 16.2 Å². The van der Waals surface area contributed by atoms with Crippen molar-refractivity contribution in [2.75, 3.05) is 6.61 Å². The van der Waals surface area contributed by atoms with Gasteiger partial charge in [0.15, 0.2) is 0 Å². The van der Waals surface area contributed by atoms with Gasteiger partial charge < -0.3 is 23.1 Å². The number of aliphatic hydroxyl groups excluding tert-OH is 1. The minimum atomic E-state index is -2.83. The number of fused-ring (bicyclic) bond motifs is 1. The number of hydrogen-bond donors (Lipinski definition) is 1. The molecule has 1 N–H and O–H groups in total. The van der Waals surface area contributed by atoms with Crippen LogP contribution in [0.25, 0.3) is 0 Å². The molecule has 1 aromatic carbocycles. The predicted octanol–water partition coefficient (Wildman–Crippen LogP) is 9.72. The number of rotatable bonds is 9. The summed E-state index contributed by atoms with van der Waals surface area (Å²) in [6.07, 6.45) is -0.761. The normalized spacial score (nSPS) is 26.4. The fourth-order valence-corrected chi connectivity index (χ4v) is 19.9. The lowest BCUT2D eigenvalue weighted by molar-refractivity contribution is -0.243. The first-order valence-corrected chi connectivity index (χ1v) is 21.7. The lowest BCUT2D eigenvalue weighted by atomic mass is 9.90. The topological polar surface area (TPSA) is 57.2 Å². The van der Waals surface area contributed by atoms with Crippen LogP contribution < -0.4 is 0 Å². The highest BCUT2D eigenvalue weighted by Gasteiger charge is 2.65. The molecule has 3 heterocycles. The van der Waals surface area contributed by atoms with E-state index in [9.17, 15) is 5.11 Å². The van der Waals surface area contributed by atoms with Crippen LogP contribution in [0.5, 0.6) is 0 Å². The van der Waals surface area contributed by atoms with Crippen molar-refractivity contribution in [3.05, 3.63) is 57.3 Å². The number of aliphatic hydroxyl groups is 1. The van der Waals surface area contributed by atoms with Crippen molar-refractivity contribution in [3.8, 4) is 0 Å². The Hall–Kier alpha value is -0.846. The molecule has 2 aliphatic rings. The molecule has 0 amide bonds. The van der Waals surface area contributed by atoms with Gasteiger partial charge in [-0.1, -0.05) is 114 Å². The van der Waals surface area contributed by atoms with Crippen molar-refractivity contribution in [1.29, 1.82) is 0 Å². The van der Waals surface area contributed by atoms with Crippen molar-refractivity contribution in [3.63, 3.8) is 0 Å². The van der Waals surface area contributed by atoms with Crippen LogP contribution in [0.15, 0.2) is 35.7 Å². The Balaban J connectivity index is 1.78. The van der Waals surface area contributed by atoms with Crippen LogP contribution in [-0.2, 0) is 30.9 Å². The third-order valence-electron chi connectivity index (χ3n) is 10.3. The van der Waals surface area contributed by atoms with Crippen LogP contribution >= 0.6 is 11.3 Å². The molecule has 2 aromatic rings. The monoisotopic (exact) mass is 660 g/mol. The summed E-state index contributed by atoms with van der Waals surface area (Å²) in [4.78, 5) is 1.22. The molecule has 44 heavy (non-hydrogen) atoms. The zero-order valence-electron chi connectivity index (χ0n) is 29.7. The molecule has 2 saturated heterocycles. The van der Waals surface area contributed by atoms with Crippen LogP contribution in [-0.4, -0.2) is 53.0 Å². The van der Waals surface area contributed by atoms with E-state index >= 15 is 0 Å². The first-order valence-electron chi connectivity index (χ1n) is 16.9. The number of benzene rings is 1. The summed E-state index contributed by atoms with van der Waals surface area (Å²) < 4.78 is 28.6. The van der Waals surface area contributed by atoms with Crippen LogP contribution in [0.2, 0.25) is 26.7 Å². The maximum Gasteiger partial charge on any atom is 0.349 e. The maximum atomic E-state index is 12.5. The van der Waals surface area contributed by atoms with Crippen molar-refractivity contribution in [1.82, 2.24) is 0 Å². The standard InChI is InChI=1S/C36H60O5SSi2/c1-14-26-15-17-27(18-16-26)21-30-28(19-20-42-30)32-31(37)34(40-43(23(2)3,24(4)5)25(6)7)33-29(39-32)22-38-44(41-33,35(8,9)10)36(11,12)13/h15-20,23-25,29,31-34,37H,14,21-22H2,1-13H3/t29-,31+,32+,33-,34-/m1/s1. The van der Waals surface area contributed by atoms with Gasteiger partial charge in [0.1, 0.15) is 30.5 Å². The third kappa shape index (κ3) is 6.48. The third-order valence-corrected chi connectivity index (χ3v) is 22.5.